The van der Waals surface area contributed by atoms with Crippen LogP contribution in [0.2, 0.25) is 5.02 Å². The number of aromatic nitrogens is 1. The number of nitrogens with one attached hydrogen (secondary N) is 1. The van der Waals surface area contributed by atoms with Crippen LogP contribution in [-0.2, 0) is 14.3 Å². The summed E-state index contributed by atoms with van der Waals surface area (Å²) < 4.78 is 6.87. The van der Waals surface area contributed by atoms with E-state index in [1.54, 1.807) is 42.5 Å². The van der Waals surface area contributed by atoms with Gasteiger partial charge in [0.2, 0.25) is 0 Å². The number of hydrogen-bond acceptors (Lipinski definition) is 5. The molecule has 1 saturated heterocycles. The molecule has 1 aromatic heterocycles. The number of carbonyl (C=O) groups excluding carboxylic acids is 3. The van der Waals surface area contributed by atoms with Crippen LogP contribution in [0.5, 0.6) is 0 Å². The molecule has 0 radical (unpaired) electrons. The van der Waals surface area contributed by atoms with Crippen LogP contribution < -0.4 is 10.2 Å². The minimum atomic E-state index is -0.586. The zero-order valence-electron chi connectivity index (χ0n) is 19.5. The van der Waals surface area contributed by atoms with E-state index in [0.717, 1.165) is 22.6 Å². The van der Waals surface area contributed by atoms with Gasteiger partial charge in [0.1, 0.15) is 5.57 Å². The summed E-state index contributed by atoms with van der Waals surface area (Å²) in [7, 11) is 1.34. The largest absolute Gasteiger partial charge is 0.465 e. The third kappa shape index (κ3) is 4.26. The number of anilines is 1. The van der Waals surface area contributed by atoms with Gasteiger partial charge in [0, 0.05) is 17.1 Å². The molecule has 1 fully saturated rings. The fraction of sp³-hybridized carbons (Fsp3) is 0.154. The summed E-state index contributed by atoms with van der Waals surface area (Å²) >= 11 is 11.5. The molecule has 4 rings (SSSR count). The van der Waals surface area contributed by atoms with Crippen LogP contribution in [0, 0.1) is 20.8 Å². The second-order valence-electron chi connectivity index (χ2n) is 8.01. The number of benzene rings is 2. The molecule has 0 aliphatic carbocycles. The van der Waals surface area contributed by atoms with Gasteiger partial charge in [-0.05, 0) is 80.5 Å². The quantitative estimate of drug-likeness (QED) is 0.240. The molecule has 3 aromatic rings. The van der Waals surface area contributed by atoms with Crippen LogP contribution in [0.3, 0.4) is 0 Å². The molecule has 0 unspecified atom stereocenters. The number of amides is 2. The lowest BCUT2D eigenvalue weighted by atomic mass is 10.1. The van der Waals surface area contributed by atoms with Crippen LogP contribution in [0.4, 0.5) is 5.69 Å². The van der Waals surface area contributed by atoms with E-state index in [9.17, 15) is 14.4 Å². The lowest BCUT2D eigenvalue weighted by molar-refractivity contribution is -0.122. The highest BCUT2D eigenvalue weighted by Gasteiger charge is 2.35. The fourth-order valence-electron chi connectivity index (χ4n) is 4.17. The first-order valence-corrected chi connectivity index (χ1v) is 11.5. The molecule has 0 bridgehead atoms. The number of esters is 1. The van der Waals surface area contributed by atoms with Crippen molar-refractivity contribution >= 4 is 58.5 Å². The van der Waals surface area contributed by atoms with Gasteiger partial charge in [-0.1, -0.05) is 29.8 Å². The predicted molar refractivity (Wildman–Crippen MR) is 139 cm³/mol. The zero-order chi connectivity index (χ0) is 25.4. The van der Waals surface area contributed by atoms with E-state index in [-0.39, 0.29) is 10.7 Å². The molecule has 2 amide bonds. The van der Waals surface area contributed by atoms with E-state index in [1.807, 2.05) is 37.5 Å². The molecule has 0 saturated carbocycles. The highest BCUT2D eigenvalue weighted by Crippen LogP contribution is 2.31. The van der Waals surface area contributed by atoms with Gasteiger partial charge < -0.3 is 9.30 Å². The number of para-hydroxylation sites is 1. The SMILES string of the molecule is COC(=O)c1cccc(-n2c(C)cc(/C=C3\C(=O)NC(=S)N(c4ccccc4Cl)C3=O)c2C)c1C. The highest BCUT2D eigenvalue weighted by molar-refractivity contribution is 7.80. The Morgan fingerprint density at radius 1 is 1.06 bits per heavy atom. The maximum atomic E-state index is 13.4. The number of ether oxygens (including phenoxy) is 1. The standard InChI is InChI=1S/C26H22ClN3O4S/c1-14-12-17(16(3)29(14)21-11-7-8-18(15(21)2)25(33)34-4)13-19-23(31)28-26(35)30(24(19)32)22-10-6-5-9-20(22)27/h5-13H,1-4H3,(H,28,31,35)/b19-13+. The summed E-state index contributed by atoms with van der Waals surface area (Å²) in [5.74, 6) is -1.58. The first-order chi connectivity index (χ1) is 16.6. The smallest absolute Gasteiger partial charge is 0.338 e. The Bertz CT molecular complexity index is 1440. The minimum absolute atomic E-state index is 0.0361. The lowest BCUT2D eigenvalue weighted by Gasteiger charge is -2.29. The number of nitrogens with zero attached hydrogens (tertiary/aromatic N) is 2. The van der Waals surface area contributed by atoms with Crippen molar-refractivity contribution in [3.05, 3.63) is 87.2 Å². The van der Waals surface area contributed by atoms with Crippen LogP contribution in [-0.4, -0.2) is 34.6 Å². The van der Waals surface area contributed by atoms with Crippen molar-refractivity contribution in [2.75, 3.05) is 12.0 Å². The number of hydrogen-bond donors (Lipinski definition) is 1. The monoisotopic (exact) mass is 507 g/mol. The lowest BCUT2D eigenvalue weighted by Crippen LogP contribution is -2.54. The predicted octanol–water partition coefficient (Wildman–Crippen LogP) is 4.67. The molecule has 178 valence electrons. The first kappa shape index (κ1) is 24.4. The van der Waals surface area contributed by atoms with Crippen molar-refractivity contribution < 1.29 is 19.1 Å². The van der Waals surface area contributed by atoms with Gasteiger partial charge >= 0.3 is 5.97 Å². The third-order valence-corrected chi connectivity index (χ3v) is 6.52. The normalized spacial score (nSPS) is 14.9. The molecule has 2 heterocycles. The fourth-order valence-corrected chi connectivity index (χ4v) is 4.66. The molecule has 35 heavy (non-hydrogen) atoms. The molecule has 0 spiro atoms. The number of methoxy groups -OCH3 is 1. The molecule has 0 atom stereocenters. The van der Waals surface area contributed by atoms with Crippen molar-refractivity contribution in [2.24, 2.45) is 0 Å². The van der Waals surface area contributed by atoms with Crippen molar-refractivity contribution in [2.45, 2.75) is 20.8 Å². The average Bonchev–Trinajstić information content (AvgIpc) is 3.10. The Morgan fingerprint density at radius 3 is 2.43 bits per heavy atom. The van der Waals surface area contributed by atoms with E-state index in [4.69, 9.17) is 28.6 Å². The van der Waals surface area contributed by atoms with E-state index in [1.165, 1.54) is 12.0 Å². The number of aryl methyl sites for hydroxylation is 1. The van der Waals surface area contributed by atoms with E-state index in [2.05, 4.69) is 5.32 Å². The number of halogens is 1. The average molecular weight is 508 g/mol. The Morgan fingerprint density at radius 2 is 1.74 bits per heavy atom. The summed E-state index contributed by atoms with van der Waals surface area (Å²) in [6, 6.07) is 14.0. The summed E-state index contributed by atoms with van der Waals surface area (Å²) in [6.07, 6.45) is 1.54. The Labute approximate surface area is 212 Å². The van der Waals surface area contributed by atoms with E-state index < -0.39 is 17.8 Å². The van der Waals surface area contributed by atoms with Crippen LogP contribution in [0.1, 0.15) is 32.9 Å². The molecule has 7 nitrogen and oxygen atoms in total. The zero-order valence-corrected chi connectivity index (χ0v) is 21.1. The van der Waals surface area contributed by atoms with Gasteiger partial charge in [-0.15, -0.1) is 0 Å². The van der Waals surface area contributed by atoms with Crippen molar-refractivity contribution in [3.63, 3.8) is 0 Å². The van der Waals surface area contributed by atoms with Crippen molar-refractivity contribution in [3.8, 4) is 5.69 Å². The molecule has 1 aliphatic rings. The highest BCUT2D eigenvalue weighted by atomic mass is 35.5. The molecule has 9 heteroatoms. The van der Waals surface area contributed by atoms with Gasteiger partial charge in [-0.3, -0.25) is 19.8 Å². The summed E-state index contributed by atoms with van der Waals surface area (Å²) in [5.41, 5.74) is 4.65. The van der Waals surface area contributed by atoms with Crippen molar-refractivity contribution in [1.82, 2.24) is 9.88 Å². The van der Waals surface area contributed by atoms with Gasteiger partial charge in [0.05, 0.1) is 23.4 Å². The van der Waals surface area contributed by atoms with Crippen LogP contribution >= 0.6 is 23.8 Å². The Kier molecular flexibility index (Phi) is 6.60. The second-order valence-corrected chi connectivity index (χ2v) is 8.81. The maximum absolute atomic E-state index is 13.4. The van der Waals surface area contributed by atoms with Gasteiger partial charge in [-0.2, -0.15) is 0 Å². The molecular formula is C26H22ClN3O4S. The first-order valence-electron chi connectivity index (χ1n) is 10.7. The third-order valence-electron chi connectivity index (χ3n) is 5.92. The second kappa shape index (κ2) is 9.48. The van der Waals surface area contributed by atoms with E-state index >= 15 is 0 Å². The molecule has 1 N–H and O–H groups in total. The van der Waals surface area contributed by atoms with Gasteiger partial charge in [0.15, 0.2) is 5.11 Å². The Balaban J connectivity index is 1.80. The van der Waals surface area contributed by atoms with Crippen molar-refractivity contribution in [1.29, 1.82) is 0 Å². The molecule has 1 aliphatic heterocycles. The molecule has 2 aromatic carbocycles. The van der Waals surface area contributed by atoms with Crippen LogP contribution in [0.15, 0.2) is 54.1 Å². The minimum Gasteiger partial charge on any atom is -0.465 e. The number of thiocarbonyl (C=S) groups is 1. The van der Waals surface area contributed by atoms with Crippen LogP contribution in [0.25, 0.3) is 11.8 Å². The summed E-state index contributed by atoms with van der Waals surface area (Å²) in [4.78, 5) is 39.5. The van der Waals surface area contributed by atoms with Gasteiger partial charge in [0.25, 0.3) is 11.8 Å². The number of carbonyl (C=O) groups is 3. The maximum Gasteiger partial charge on any atom is 0.338 e. The Hall–Kier alpha value is -3.75. The van der Waals surface area contributed by atoms with Gasteiger partial charge in [-0.25, -0.2) is 4.79 Å². The van der Waals surface area contributed by atoms with E-state index in [0.29, 0.717) is 21.8 Å². The summed E-state index contributed by atoms with van der Waals surface area (Å²) in [6.45, 7) is 5.64. The number of rotatable bonds is 4. The summed E-state index contributed by atoms with van der Waals surface area (Å²) in [5, 5.41) is 2.87. The topological polar surface area (TPSA) is 80.6 Å². The molecular weight excluding hydrogens is 486 g/mol.